The van der Waals surface area contributed by atoms with Crippen molar-refractivity contribution in [3.8, 4) is 5.75 Å². The summed E-state index contributed by atoms with van der Waals surface area (Å²) in [5, 5.41) is 12.4. The minimum Gasteiger partial charge on any atom is -0.508 e. The number of fused-ring (bicyclic) bond motifs is 2. The Hall–Kier alpha value is -3.71. The van der Waals surface area contributed by atoms with E-state index in [2.05, 4.69) is 0 Å². The van der Waals surface area contributed by atoms with Crippen molar-refractivity contribution < 1.29 is 24.2 Å². The van der Waals surface area contributed by atoms with Gasteiger partial charge in [0, 0.05) is 18.7 Å². The SMILES string of the molecule is COC(=O)C1[C@@H]2C(=O)N(Cc3ccccc3)C(=O)[C@@H]2CN1Cc1c(O)ccc2ccccc12. The van der Waals surface area contributed by atoms with Gasteiger partial charge in [-0.3, -0.25) is 24.2 Å². The van der Waals surface area contributed by atoms with Gasteiger partial charge in [-0.15, -0.1) is 0 Å². The number of methoxy groups -OCH3 is 1. The summed E-state index contributed by atoms with van der Waals surface area (Å²) in [5.41, 5.74) is 1.51. The molecule has 0 aliphatic carbocycles. The molecule has 7 heteroatoms. The van der Waals surface area contributed by atoms with Crippen LogP contribution in [-0.4, -0.2) is 52.4 Å². The zero-order valence-electron chi connectivity index (χ0n) is 18.2. The summed E-state index contributed by atoms with van der Waals surface area (Å²) in [4.78, 5) is 42.4. The summed E-state index contributed by atoms with van der Waals surface area (Å²) in [6, 6.07) is 19.5. The molecule has 0 radical (unpaired) electrons. The molecule has 1 unspecified atom stereocenters. The Bertz CT molecular complexity index is 1240. The topological polar surface area (TPSA) is 87.2 Å². The third-order valence-electron chi connectivity index (χ3n) is 6.74. The van der Waals surface area contributed by atoms with Crippen LogP contribution >= 0.6 is 0 Å². The Morgan fingerprint density at radius 1 is 0.970 bits per heavy atom. The number of nitrogens with zero attached hydrogens (tertiary/aromatic N) is 2. The van der Waals surface area contributed by atoms with Gasteiger partial charge in [-0.25, -0.2) is 0 Å². The quantitative estimate of drug-likeness (QED) is 0.481. The zero-order chi connectivity index (χ0) is 23.1. The molecule has 2 saturated heterocycles. The van der Waals surface area contributed by atoms with E-state index >= 15 is 0 Å². The number of hydrogen-bond donors (Lipinski definition) is 1. The maximum absolute atomic E-state index is 13.3. The van der Waals surface area contributed by atoms with E-state index in [-0.39, 0.29) is 37.2 Å². The lowest BCUT2D eigenvalue weighted by atomic mass is 9.93. The first-order valence-corrected chi connectivity index (χ1v) is 10.9. The van der Waals surface area contributed by atoms with E-state index in [0.29, 0.717) is 5.56 Å². The molecule has 1 N–H and O–H groups in total. The van der Waals surface area contributed by atoms with Gasteiger partial charge in [0.25, 0.3) is 0 Å². The van der Waals surface area contributed by atoms with Crippen LogP contribution in [0, 0.1) is 11.8 Å². The van der Waals surface area contributed by atoms with Gasteiger partial charge in [-0.05, 0) is 22.4 Å². The molecule has 2 fully saturated rings. The number of aromatic hydroxyl groups is 1. The van der Waals surface area contributed by atoms with E-state index < -0.39 is 23.8 Å². The molecule has 2 aliphatic heterocycles. The highest BCUT2D eigenvalue weighted by atomic mass is 16.5. The molecule has 3 atom stereocenters. The number of amides is 2. The number of carbonyl (C=O) groups is 3. The van der Waals surface area contributed by atoms with Gasteiger partial charge in [0.2, 0.25) is 11.8 Å². The van der Waals surface area contributed by atoms with Crippen molar-refractivity contribution in [3.05, 3.63) is 77.9 Å². The van der Waals surface area contributed by atoms with Gasteiger partial charge < -0.3 is 9.84 Å². The maximum Gasteiger partial charge on any atom is 0.323 e. The fraction of sp³-hybridized carbons (Fsp3) is 0.269. The fourth-order valence-electron chi connectivity index (χ4n) is 5.15. The molecule has 5 rings (SSSR count). The summed E-state index contributed by atoms with van der Waals surface area (Å²) in [5.74, 6) is -2.49. The van der Waals surface area contributed by atoms with Crippen molar-refractivity contribution in [1.82, 2.24) is 9.80 Å². The molecular formula is C26H24N2O5. The van der Waals surface area contributed by atoms with E-state index in [9.17, 15) is 19.5 Å². The van der Waals surface area contributed by atoms with Gasteiger partial charge in [0.15, 0.2) is 0 Å². The normalized spacial score (nSPS) is 22.7. The van der Waals surface area contributed by atoms with Gasteiger partial charge in [0.05, 0.1) is 25.5 Å². The molecule has 2 heterocycles. The molecule has 2 aliphatic rings. The van der Waals surface area contributed by atoms with Crippen LogP contribution in [0.25, 0.3) is 10.8 Å². The standard InChI is InChI=1S/C26H24N2O5/c1-33-26(32)23-22-20(24(30)28(25(22)31)13-16-7-3-2-4-8-16)15-27(23)14-19-18-10-6-5-9-17(18)11-12-21(19)29/h2-12,20,22-23,29H,13-15H2,1H3/t20-,22-,23?/m1/s1. The van der Waals surface area contributed by atoms with Gasteiger partial charge >= 0.3 is 5.97 Å². The Morgan fingerprint density at radius 3 is 2.45 bits per heavy atom. The number of imide groups is 1. The number of ether oxygens (including phenoxy) is 1. The van der Waals surface area contributed by atoms with Crippen LogP contribution in [0.2, 0.25) is 0 Å². The van der Waals surface area contributed by atoms with Crippen molar-refractivity contribution >= 4 is 28.6 Å². The molecular weight excluding hydrogens is 420 g/mol. The highest BCUT2D eigenvalue weighted by Gasteiger charge is 2.59. The number of hydrogen-bond acceptors (Lipinski definition) is 6. The molecule has 0 saturated carbocycles. The third kappa shape index (κ3) is 3.54. The number of esters is 1. The number of phenols is 1. The molecule has 7 nitrogen and oxygen atoms in total. The summed E-state index contributed by atoms with van der Waals surface area (Å²) in [7, 11) is 1.28. The molecule has 2 amide bonds. The highest BCUT2D eigenvalue weighted by molar-refractivity contribution is 6.08. The Kier molecular flexibility index (Phi) is 5.34. The smallest absolute Gasteiger partial charge is 0.323 e. The van der Waals surface area contributed by atoms with Crippen molar-refractivity contribution in [1.29, 1.82) is 0 Å². The summed E-state index contributed by atoms with van der Waals surface area (Å²) < 4.78 is 5.04. The molecule has 0 bridgehead atoms. The summed E-state index contributed by atoms with van der Waals surface area (Å²) in [6.07, 6.45) is 0. The van der Waals surface area contributed by atoms with Crippen molar-refractivity contribution in [2.75, 3.05) is 13.7 Å². The highest BCUT2D eigenvalue weighted by Crippen LogP contribution is 2.41. The predicted octanol–water partition coefficient (Wildman–Crippen LogP) is 2.70. The van der Waals surface area contributed by atoms with Gasteiger partial charge in [-0.1, -0.05) is 60.7 Å². The van der Waals surface area contributed by atoms with Crippen LogP contribution in [0.4, 0.5) is 0 Å². The van der Waals surface area contributed by atoms with Gasteiger partial charge in [-0.2, -0.15) is 0 Å². The molecule has 168 valence electrons. The molecule has 0 spiro atoms. The zero-order valence-corrected chi connectivity index (χ0v) is 18.2. The lowest BCUT2D eigenvalue weighted by molar-refractivity contribution is -0.152. The second-order valence-corrected chi connectivity index (χ2v) is 8.56. The van der Waals surface area contributed by atoms with E-state index in [1.807, 2.05) is 60.7 Å². The van der Waals surface area contributed by atoms with E-state index in [1.54, 1.807) is 11.0 Å². The minimum atomic E-state index is -0.893. The number of rotatable bonds is 5. The first kappa shape index (κ1) is 21.2. The van der Waals surface area contributed by atoms with Crippen LogP contribution in [0.3, 0.4) is 0 Å². The maximum atomic E-state index is 13.3. The fourth-order valence-corrected chi connectivity index (χ4v) is 5.15. The monoisotopic (exact) mass is 444 g/mol. The van der Waals surface area contributed by atoms with Crippen LogP contribution in [0.1, 0.15) is 11.1 Å². The van der Waals surface area contributed by atoms with Crippen molar-refractivity contribution in [2.24, 2.45) is 11.8 Å². The Morgan fingerprint density at radius 2 is 1.70 bits per heavy atom. The predicted molar refractivity (Wildman–Crippen MR) is 121 cm³/mol. The molecule has 3 aromatic carbocycles. The second-order valence-electron chi connectivity index (χ2n) is 8.56. The Labute approximate surface area is 191 Å². The molecule has 0 aromatic heterocycles. The molecule has 33 heavy (non-hydrogen) atoms. The van der Waals surface area contributed by atoms with Crippen molar-refractivity contribution in [2.45, 2.75) is 19.1 Å². The van der Waals surface area contributed by atoms with E-state index in [4.69, 9.17) is 4.74 Å². The lowest BCUT2D eigenvalue weighted by Gasteiger charge is -2.27. The minimum absolute atomic E-state index is 0.109. The van der Waals surface area contributed by atoms with Crippen LogP contribution < -0.4 is 0 Å². The van der Waals surface area contributed by atoms with Crippen LogP contribution in [-0.2, 0) is 32.2 Å². The average molecular weight is 444 g/mol. The first-order chi connectivity index (χ1) is 16.0. The third-order valence-corrected chi connectivity index (χ3v) is 6.74. The number of phenolic OH excluding ortho intramolecular Hbond substituents is 1. The second kappa shape index (κ2) is 8.33. The number of carbonyl (C=O) groups excluding carboxylic acids is 3. The summed E-state index contributed by atoms with van der Waals surface area (Å²) in [6.45, 7) is 0.645. The average Bonchev–Trinajstić information content (AvgIpc) is 3.32. The molecule has 3 aromatic rings. The first-order valence-electron chi connectivity index (χ1n) is 10.9. The van der Waals surface area contributed by atoms with Crippen LogP contribution in [0.5, 0.6) is 5.75 Å². The summed E-state index contributed by atoms with van der Waals surface area (Å²) >= 11 is 0. The van der Waals surface area contributed by atoms with Crippen LogP contribution in [0.15, 0.2) is 66.7 Å². The number of likely N-dealkylation sites (tertiary alicyclic amines) is 2. The van der Waals surface area contributed by atoms with Crippen molar-refractivity contribution in [3.63, 3.8) is 0 Å². The largest absolute Gasteiger partial charge is 0.508 e. The van der Waals surface area contributed by atoms with E-state index in [1.165, 1.54) is 12.0 Å². The lowest BCUT2D eigenvalue weighted by Crippen LogP contribution is -2.45. The van der Waals surface area contributed by atoms with E-state index in [0.717, 1.165) is 16.3 Å². The Balaban J connectivity index is 1.47. The number of benzene rings is 3. The van der Waals surface area contributed by atoms with Gasteiger partial charge in [0.1, 0.15) is 11.8 Å².